The third-order valence-electron chi connectivity index (χ3n) is 3.53. The van der Waals surface area contributed by atoms with E-state index in [4.69, 9.17) is 9.47 Å². The van der Waals surface area contributed by atoms with Crippen LogP contribution in [0.3, 0.4) is 0 Å². The van der Waals surface area contributed by atoms with Crippen molar-refractivity contribution in [3.05, 3.63) is 29.8 Å². The Bertz CT molecular complexity index is 372. The first-order chi connectivity index (χ1) is 9.13. The summed E-state index contributed by atoms with van der Waals surface area (Å²) in [7, 11) is 0. The molecule has 0 amide bonds. The first kappa shape index (κ1) is 14.4. The number of hydrogen-bond donors (Lipinski definition) is 1. The Balaban J connectivity index is 1.75. The van der Waals surface area contributed by atoms with Crippen LogP contribution in [0.5, 0.6) is 5.75 Å². The molecule has 0 aromatic heterocycles. The van der Waals surface area contributed by atoms with E-state index in [0.717, 1.165) is 31.4 Å². The van der Waals surface area contributed by atoms with Gasteiger partial charge in [-0.05, 0) is 57.2 Å². The van der Waals surface area contributed by atoms with Crippen LogP contribution < -0.4 is 4.74 Å². The van der Waals surface area contributed by atoms with Gasteiger partial charge in [-0.25, -0.2) is 0 Å². The van der Waals surface area contributed by atoms with Gasteiger partial charge < -0.3 is 14.6 Å². The minimum atomic E-state index is -0.238. The van der Waals surface area contributed by atoms with E-state index in [1.165, 1.54) is 5.56 Å². The van der Waals surface area contributed by atoms with Gasteiger partial charge in [-0.15, -0.1) is 0 Å². The molecular formula is C16H24O3. The van der Waals surface area contributed by atoms with Gasteiger partial charge in [0.2, 0.25) is 0 Å². The minimum absolute atomic E-state index is 0.238. The van der Waals surface area contributed by atoms with Crippen LogP contribution in [0, 0.1) is 0 Å². The number of aryl methyl sites for hydroxylation is 1. The van der Waals surface area contributed by atoms with Gasteiger partial charge in [0.25, 0.3) is 0 Å². The monoisotopic (exact) mass is 264 g/mol. The van der Waals surface area contributed by atoms with Gasteiger partial charge in [0.05, 0.1) is 18.3 Å². The Kier molecular flexibility index (Phi) is 5.23. The number of hydrogen-bond acceptors (Lipinski definition) is 3. The molecule has 0 bridgehead atoms. The van der Waals surface area contributed by atoms with E-state index in [-0.39, 0.29) is 12.2 Å². The fourth-order valence-electron chi connectivity index (χ4n) is 2.32. The summed E-state index contributed by atoms with van der Waals surface area (Å²) in [4.78, 5) is 0. The van der Waals surface area contributed by atoms with Crippen molar-refractivity contribution in [1.82, 2.24) is 0 Å². The fourth-order valence-corrected chi connectivity index (χ4v) is 2.32. The van der Waals surface area contributed by atoms with E-state index in [2.05, 4.69) is 19.1 Å². The van der Waals surface area contributed by atoms with E-state index in [0.29, 0.717) is 12.7 Å². The lowest BCUT2D eigenvalue weighted by Crippen LogP contribution is -2.17. The van der Waals surface area contributed by atoms with Crippen molar-refractivity contribution in [2.45, 2.75) is 57.8 Å². The molecule has 2 rings (SSSR count). The predicted molar refractivity (Wildman–Crippen MR) is 75.5 cm³/mol. The summed E-state index contributed by atoms with van der Waals surface area (Å²) < 4.78 is 11.5. The molecule has 0 aliphatic carbocycles. The van der Waals surface area contributed by atoms with Crippen LogP contribution in [0.25, 0.3) is 0 Å². The van der Waals surface area contributed by atoms with E-state index in [9.17, 15) is 5.11 Å². The molecule has 3 heteroatoms. The second-order valence-corrected chi connectivity index (χ2v) is 5.49. The van der Waals surface area contributed by atoms with Crippen LogP contribution in [0.2, 0.25) is 0 Å². The highest BCUT2D eigenvalue weighted by Crippen LogP contribution is 2.21. The van der Waals surface area contributed by atoms with Crippen LogP contribution in [-0.4, -0.2) is 30.0 Å². The first-order valence-corrected chi connectivity index (χ1v) is 7.19. The highest BCUT2D eigenvalue weighted by molar-refractivity contribution is 5.27. The molecule has 1 aromatic carbocycles. The van der Waals surface area contributed by atoms with Crippen molar-refractivity contribution in [1.29, 1.82) is 0 Å². The average molecular weight is 264 g/mol. The van der Waals surface area contributed by atoms with Crippen LogP contribution in [0.1, 0.15) is 38.7 Å². The Hall–Kier alpha value is -1.06. The third-order valence-corrected chi connectivity index (χ3v) is 3.53. The van der Waals surface area contributed by atoms with Crippen molar-refractivity contribution in [2.24, 2.45) is 0 Å². The Labute approximate surface area is 115 Å². The smallest absolute Gasteiger partial charge is 0.119 e. The molecule has 1 saturated heterocycles. The van der Waals surface area contributed by atoms with Gasteiger partial charge in [-0.1, -0.05) is 12.1 Å². The molecule has 0 radical (unpaired) electrons. The fraction of sp³-hybridized carbons (Fsp3) is 0.625. The molecule has 1 aliphatic heterocycles. The molecule has 1 aromatic rings. The zero-order valence-electron chi connectivity index (χ0n) is 11.8. The minimum Gasteiger partial charge on any atom is -0.491 e. The first-order valence-electron chi connectivity index (χ1n) is 7.19. The van der Waals surface area contributed by atoms with Gasteiger partial charge in [-0.2, -0.15) is 0 Å². The van der Waals surface area contributed by atoms with Gasteiger partial charge >= 0.3 is 0 Å². The third kappa shape index (κ3) is 4.84. The molecule has 0 spiro atoms. The lowest BCUT2D eigenvalue weighted by atomic mass is 10.1. The summed E-state index contributed by atoms with van der Waals surface area (Å²) in [5.41, 5.74) is 1.24. The molecule has 3 atom stereocenters. The summed E-state index contributed by atoms with van der Waals surface area (Å²) in [6, 6.07) is 8.12. The SMILES string of the molecule is CC(O)CCc1ccc(OCC2CCC(C)O2)cc1. The van der Waals surface area contributed by atoms with Crippen molar-refractivity contribution in [2.75, 3.05) is 6.61 Å². The van der Waals surface area contributed by atoms with Gasteiger partial charge in [-0.3, -0.25) is 0 Å². The summed E-state index contributed by atoms with van der Waals surface area (Å²) in [5, 5.41) is 9.26. The molecular weight excluding hydrogens is 240 g/mol. The van der Waals surface area contributed by atoms with Crippen molar-refractivity contribution < 1.29 is 14.6 Å². The summed E-state index contributed by atoms with van der Waals surface area (Å²) in [6.07, 6.45) is 4.30. The highest BCUT2D eigenvalue weighted by Gasteiger charge is 2.22. The Morgan fingerprint density at radius 1 is 1.32 bits per heavy atom. The number of ether oxygens (including phenoxy) is 2. The van der Waals surface area contributed by atoms with Crippen LogP contribution >= 0.6 is 0 Å². The Morgan fingerprint density at radius 2 is 2.05 bits per heavy atom. The standard InChI is InChI=1S/C16H24O3/c1-12(17)3-5-14-6-9-15(10-7-14)18-11-16-8-4-13(2)19-16/h6-7,9-10,12-13,16-17H,3-5,8,11H2,1-2H3. The number of aliphatic hydroxyl groups excluding tert-OH is 1. The number of aliphatic hydroxyl groups is 1. The molecule has 3 unspecified atom stereocenters. The van der Waals surface area contributed by atoms with E-state index in [1.54, 1.807) is 0 Å². The highest BCUT2D eigenvalue weighted by atomic mass is 16.5. The molecule has 1 fully saturated rings. The predicted octanol–water partition coefficient (Wildman–Crippen LogP) is 2.95. The quantitative estimate of drug-likeness (QED) is 0.858. The van der Waals surface area contributed by atoms with E-state index in [1.807, 2.05) is 19.1 Å². The van der Waals surface area contributed by atoms with Gasteiger partial charge in [0.15, 0.2) is 0 Å². The molecule has 19 heavy (non-hydrogen) atoms. The van der Waals surface area contributed by atoms with E-state index >= 15 is 0 Å². The second kappa shape index (κ2) is 6.92. The lowest BCUT2D eigenvalue weighted by Gasteiger charge is -2.13. The molecule has 1 heterocycles. The maximum Gasteiger partial charge on any atom is 0.119 e. The maximum atomic E-state index is 9.26. The van der Waals surface area contributed by atoms with Crippen molar-refractivity contribution in [3.8, 4) is 5.75 Å². The second-order valence-electron chi connectivity index (χ2n) is 5.49. The summed E-state index contributed by atoms with van der Waals surface area (Å²) in [5.74, 6) is 0.893. The zero-order valence-corrected chi connectivity index (χ0v) is 11.8. The molecule has 1 N–H and O–H groups in total. The average Bonchev–Trinajstić information content (AvgIpc) is 2.81. The van der Waals surface area contributed by atoms with Crippen molar-refractivity contribution >= 4 is 0 Å². The lowest BCUT2D eigenvalue weighted by molar-refractivity contribution is 0.0264. The normalized spacial score (nSPS) is 24.4. The summed E-state index contributed by atoms with van der Waals surface area (Å²) in [6.45, 7) is 4.56. The van der Waals surface area contributed by atoms with Crippen LogP contribution in [-0.2, 0) is 11.2 Å². The topological polar surface area (TPSA) is 38.7 Å². The molecule has 0 saturated carbocycles. The van der Waals surface area contributed by atoms with Crippen molar-refractivity contribution in [3.63, 3.8) is 0 Å². The molecule has 1 aliphatic rings. The van der Waals surface area contributed by atoms with Crippen LogP contribution in [0.4, 0.5) is 0 Å². The van der Waals surface area contributed by atoms with Gasteiger partial charge in [0, 0.05) is 0 Å². The number of rotatable bonds is 6. The molecule has 3 nitrogen and oxygen atoms in total. The van der Waals surface area contributed by atoms with Gasteiger partial charge in [0.1, 0.15) is 12.4 Å². The Morgan fingerprint density at radius 3 is 2.63 bits per heavy atom. The van der Waals surface area contributed by atoms with E-state index < -0.39 is 0 Å². The number of benzene rings is 1. The van der Waals surface area contributed by atoms with Crippen LogP contribution in [0.15, 0.2) is 24.3 Å². The largest absolute Gasteiger partial charge is 0.491 e. The zero-order chi connectivity index (χ0) is 13.7. The maximum absolute atomic E-state index is 9.26. The summed E-state index contributed by atoms with van der Waals surface area (Å²) >= 11 is 0. The molecule has 106 valence electrons.